The predicted molar refractivity (Wildman–Crippen MR) is 130 cm³/mol. The summed E-state index contributed by atoms with van der Waals surface area (Å²) in [4.78, 5) is 23.6. The van der Waals surface area contributed by atoms with Gasteiger partial charge in [-0.25, -0.2) is 4.98 Å². The average molecular weight is 465 g/mol. The van der Waals surface area contributed by atoms with Crippen molar-refractivity contribution in [3.63, 3.8) is 0 Å². The molecule has 0 aliphatic carbocycles. The van der Waals surface area contributed by atoms with E-state index in [-0.39, 0.29) is 12.2 Å². The van der Waals surface area contributed by atoms with Crippen LogP contribution in [0.5, 0.6) is 11.6 Å². The summed E-state index contributed by atoms with van der Waals surface area (Å²) in [6.45, 7) is 4.76. The van der Waals surface area contributed by atoms with E-state index in [4.69, 9.17) is 21.1 Å². The van der Waals surface area contributed by atoms with Crippen LogP contribution in [0.3, 0.4) is 0 Å². The second kappa shape index (κ2) is 10.5. The molecular weight excluding hydrogens is 440 g/mol. The molecule has 0 saturated carbocycles. The molecule has 0 fully saturated rings. The summed E-state index contributed by atoms with van der Waals surface area (Å²) in [7, 11) is 2.05. The molecule has 0 spiro atoms. The highest BCUT2D eigenvalue weighted by atomic mass is 35.5. The zero-order valence-corrected chi connectivity index (χ0v) is 19.3. The molecule has 3 aromatic heterocycles. The Morgan fingerprint density at radius 1 is 1.06 bits per heavy atom. The highest BCUT2D eigenvalue weighted by Crippen LogP contribution is 2.20. The fraction of sp³-hybridized carbons (Fsp3) is 0.240. The number of pyridine rings is 3. The van der Waals surface area contributed by atoms with Gasteiger partial charge in [0.05, 0.1) is 16.2 Å². The Labute approximate surface area is 197 Å². The quantitative estimate of drug-likeness (QED) is 0.367. The Hall–Kier alpha value is -3.42. The van der Waals surface area contributed by atoms with Crippen molar-refractivity contribution in [2.75, 3.05) is 26.7 Å². The molecule has 0 aliphatic rings. The van der Waals surface area contributed by atoms with Gasteiger partial charge in [-0.2, -0.15) is 0 Å². The minimum absolute atomic E-state index is 0.191. The van der Waals surface area contributed by atoms with Gasteiger partial charge in [0.2, 0.25) is 5.88 Å². The molecule has 33 heavy (non-hydrogen) atoms. The van der Waals surface area contributed by atoms with Crippen LogP contribution >= 0.6 is 11.6 Å². The minimum Gasteiger partial charge on any atom is -0.487 e. The Bertz CT molecular complexity index is 1290. The van der Waals surface area contributed by atoms with Gasteiger partial charge in [0.1, 0.15) is 19.0 Å². The van der Waals surface area contributed by atoms with Gasteiger partial charge < -0.3 is 14.4 Å². The van der Waals surface area contributed by atoms with Crippen molar-refractivity contribution in [1.29, 1.82) is 0 Å². The maximum Gasteiger partial charge on any atom is 0.258 e. The predicted octanol–water partition coefficient (Wildman–Crippen LogP) is 4.34. The Kier molecular flexibility index (Phi) is 7.22. The molecule has 7 nitrogen and oxygen atoms in total. The van der Waals surface area contributed by atoms with E-state index in [0.29, 0.717) is 23.3 Å². The van der Waals surface area contributed by atoms with E-state index in [1.54, 1.807) is 35.2 Å². The summed E-state index contributed by atoms with van der Waals surface area (Å²) in [6, 6.07) is 16.2. The summed E-state index contributed by atoms with van der Waals surface area (Å²) in [6.07, 6.45) is 3.26. The van der Waals surface area contributed by atoms with Gasteiger partial charge in [-0.3, -0.25) is 14.3 Å². The number of benzene rings is 1. The molecular formula is C25H25ClN4O3. The summed E-state index contributed by atoms with van der Waals surface area (Å²) in [5.74, 6) is 1.07. The maximum atomic E-state index is 12.7. The summed E-state index contributed by atoms with van der Waals surface area (Å²) < 4.78 is 13.0. The molecule has 8 heteroatoms. The lowest BCUT2D eigenvalue weighted by molar-refractivity contribution is 0.238. The maximum absolute atomic E-state index is 12.7. The molecule has 0 bridgehead atoms. The first-order valence-electron chi connectivity index (χ1n) is 10.7. The lowest BCUT2D eigenvalue weighted by atomic mass is 10.2. The molecule has 4 aromatic rings. The van der Waals surface area contributed by atoms with Crippen LogP contribution in [-0.2, 0) is 6.61 Å². The topological polar surface area (TPSA) is 69.5 Å². The molecule has 170 valence electrons. The summed E-state index contributed by atoms with van der Waals surface area (Å²) in [5, 5.41) is 1.49. The van der Waals surface area contributed by atoms with Crippen molar-refractivity contribution >= 4 is 22.5 Å². The number of nitrogens with zero attached hydrogens (tertiary/aromatic N) is 4. The van der Waals surface area contributed by atoms with Crippen molar-refractivity contribution in [2.24, 2.45) is 0 Å². The third kappa shape index (κ3) is 5.88. The molecule has 0 N–H and O–H groups in total. The Morgan fingerprint density at radius 2 is 1.94 bits per heavy atom. The Balaban J connectivity index is 1.45. The molecule has 0 saturated heterocycles. The number of fused-ring (bicyclic) bond motifs is 1. The first kappa shape index (κ1) is 22.8. The van der Waals surface area contributed by atoms with E-state index in [1.165, 1.54) is 6.07 Å². The monoisotopic (exact) mass is 464 g/mol. The molecule has 0 amide bonds. The molecule has 3 heterocycles. The van der Waals surface area contributed by atoms with Crippen LogP contribution in [0.15, 0.2) is 71.8 Å². The number of aromatic nitrogens is 3. The summed E-state index contributed by atoms with van der Waals surface area (Å²) in [5.41, 5.74) is 2.09. The van der Waals surface area contributed by atoms with Gasteiger partial charge >= 0.3 is 0 Å². The molecule has 4 rings (SSSR count). The number of rotatable bonds is 9. The SMILES string of the molecule is CCN(C)CCOc1ccc2cc(-n3ccc(OCc4ccc(Cl)cn4)cc3=O)ccc2n1. The van der Waals surface area contributed by atoms with Crippen LogP contribution in [0, 0.1) is 0 Å². The second-order valence-corrected chi connectivity index (χ2v) is 8.03. The smallest absolute Gasteiger partial charge is 0.258 e. The fourth-order valence-corrected chi connectivity index (χ4v) is 3.31. The highest BCUT2D eigenvalue weighted by Gasteiger charge is 2.06. The van der Waals surface area contributed by atoms with E-state index in [0.717, 1.165) is 35.4 Å². The van der Waals surface area contributed by atoms with Crippen molar-refractivity contribution in [3.8, 4) is 17.3 Å². The van der Waals surface area contributed by atoms with Crippen molar-refractivity contribution in [2.45, 2.75) is 13.5 Å². The number of hydrogen-bond acceptors (Lipinski definition) is 6. The first-order valence-corrected chi connectivity index (χ1v) is 11.1. The largest absolute Gasteiger partial charge is 0.487 e. The van der Waals surface area contributed by atoms with Crippen LogP contribution in [0.2, 0.25) is 5.02 Å². The van der Waals surface area contributed by atoms with Crippen molar-refractivity contribution in [3.05, 3.63) is 88.1 Å². The fourth-order valence-electron chi connectivity index (χ4n) is 3.20. The van der Waals surface area contributed by atoms with Gasteiger partial charge in [0, 0.05) is 42.1 Å². The van der Waals surface area contributed by atoms with Crippen LogP contribution < -0.4 is 15.0 Å². The first-order chi connectivity index (χ1) is 16.0. The van der Waals surface area contributed by atoms with E-state index in [2.05, 4.69) is 28.8 Å². The van der Waals surface area contributed by atoms with Crippen molar-refractivity contribution < 1.29 is 9.47 Å². The van der Waals surface area contributed by atoms with Gasteiger partial charge in [-0.05, 0) is 56.1 Å². The van der Waals surface area contributed by atoms with Crippen LogP contribution in [-0.4, -0.2) is 46.2 Å². The number of likely N-dealkylation sites (N-methyl/N-ethyl adjacent to an activating group) is 1. The van der Waals surface area contributed by atoms with Crippen LogP contribution in [0.1, 0.15) is 12.6 Å². The highest BCUT2D eigenvalue weighted by molar-refractivity contribution is 6.30. The van der Waals surface area contributed by atoms with Crippen molar-refractivity contribution in [1.82, 2.24) is 19.4 Å². The van der Waals surface area contributed by atoms with E-state index < -0.39 is 0 Å². The molecule has 0 unspecified atom stereocenters. The number of halogens is 1. The minimum atomic E-state index is -0.191. The molecule has 0 aliphatic heterocycles. The van der Waals surface area contributed by atoms with Gasteiger partial charge in [-0.1, -0.05) is 18.5 Å². The standard InChI is InChI=1S/C25H25ClN4O3/c1-3-29(2)12-13-32-24-9-4-18-14-21(7-8-23(18)28-24)30-11-10-22(15-25(30)31)33-17-20-6-5-19(26)16-27-20/h4-11,14-16H,3,12-13,17H2,1-2H3. The molecule has 0 atom stereocenters. The van der Waals surface area contributed by atoms with Crippen LogP contribution in [0.25, 0.3) is 16.6 Å². The van der Waals surface area contributed by atoms with Gasteiger partial charge in [-0.15, -0.1) is 0 Å². The molecule has 1 aromatic carbocycles. The third-order valence-corrected chi connectivity index (χ3v) is 5.48. The van der Waals surface area contributed by atoms with E-state index in [1.807, 2.05) is 30.3 Å². The van der Waals surface area contributed by atoms with E-state index in [9.17, 15) is 4.79 Å². The number of ether oxygens (including phenoxy) is 2. The zero-order chi connectivity index (χ0) is 23.2. The second-order valence-electron chi connectivity index (χ2n) is 7.60. The zero-order valence-electron chi connectivity index (χ0n) is 18.6. The molecule has 0 radical (unpaired) electrons. The number of hydrogen-bond donors (Lipinski definition) is 0. The van der Waals surface area contributed by atoms with E-state index >= 15 is 0 Å². The lowest BCUT2D eigenvalue weighted by Gasteiger charge is -2.14. The normalized spacial score (nSPS) is 11.2. The van der Waals surface area contributed by atoms with Gasteiger partial charge in [0.15, 0.2) is 0 Å². The average Bonchev–Trinajstić information content (AvgIpc) is 2.83. The lowest BCUT2D eigenvalue weighted by Crippen LogP contribution is -2.23. The van der Waals surface area contributed by atoms with Crippen LogP contribution in [0.4, 0.5) is 0 Å². The summed E-state index contributed by atoms with van der Waals surface area (Å²) >= 11 is 5.85. The van der Waals surface area contributed by atoms with Gasteiger partial charge in [0.25, 0.3) is 5.56 Å². The third-order valence-electron chi connectivity index (χ3n) is 5.25. The Morgan fingerprint density at radius 3 is 2.70 bits per heavy atom.